The van der Waals surface area contributed by atoms with Crippen LogP contribution in [0.25, 0.3) is 5.95 Å². The smallest absolute Gasteiger partial charge is 0.271 e. The highest BCUT2D eigenvalue weighted by atomic mass is 32.2. The van der Waals surface area contributed by atoms with E-state index in [1.54, 1.807) is 15.6 Å². The molecule has 1 saturated heterocycles. The lowest BCUT2D eigenvalue weighted by Crippen LogP contribution is -2.26. The van der Waals surface area contributed by atoms with Crippen molar-refractivity contribution in [2.45, 2.75) is 31.8 Å². The van der Waals surface area contributed by atoms with E-state index in [9.17, 15) is 9.59 Å². The number of amides is 2. The molecule has 10 nitrogen and oxygen atoms in total. The van der Waals surface area contributed by atoms with Gasteiger partial charge in [0.25, 0.3) is 5.95 Å². The van der Waals surface area contributed by atoms with E-state index in [0.717, 1.165) is 17.8 Å². The van der Waals surface area contributed by atoms with Gasteiger partial charge in [0.1, 0.15) is 0 Å². The number of rotatable bonds is 6. The number of nitrogens with one attached hydrogen (secondary N) is 1. The van der Waals surface area contributed by atoms with Crippen molar-refractivity contribution in [2.75, 3.05) is 28.4 Å². The van der Waals surface area contributed by atoms with Crippen LogP contribution in [0.4, 0.5) is 11.4 Å². The summed E-state index contributed by atoms with van der Waals surface area (Å²) in [6.45, 7) is 4.44. The monoisotopic (exact) mass is 426 g/mol. The van der Waals surface area contributed by atoms with Crippen LogP contribution in [0.15, 0.2) is 35.5 Å². The molecule has 0 atom stereocenters. The Balaban J connectivity index is 1.43. The number of aromatic nitrogens is 5. The molecule has 30 heavy (non-hydrogen) atoms. The molecule has 2 aromatic heterocycles. The normalized spacial score (nSPS) is 13.8. The average Bonchev–Trinajstić information content (AvgIpc) is 3.39. The molecule has 156 valence electrons. The van der Waals surface area contributed by atoms with Crippen molar-refractivity contribution < 1.29 is 9.59 Å². The molecule has 1 fully saturated rings. The summed E-state index contributed by atoms with van der Waals surface area (Å²) >= 11 is 1.17. The van der Waals surface area contributed by atoms with E-state index < -0.39 is 0 Å². The van der Waals surface area contributed by atoms with Gasteiger partial charge in [-0.15, -0.1) is 10.2 Å². The molecule has 3 aromatic rings. The van der Waals surface area contributed by atoms with Gasteiger partial charge in [-0.05, 0) is 38.5 Å². The number of nitrogens with zero attached hydrogens (tertiary/aromatic N) is 6. The first-order valence-corrected chi connectivity index (χ1v) is 10.5. The first-order valence-electron chi connectivity index (χ1n) is 9.50. The average molecular weight is 427 g/mol. The van der Waals surface area contributed by atoms with Crippen LogP contribution in [0.1, 0.15) is 24.2 Å². The Labute approximate surface area is 177 Å². The van der Waals surface area contributed by atoms with Gasteiger partial charge >= 0.3 is 0 Å². The molecular weight excluding hydrogens is 404 g/mol. The van der Waals surface area contributed by atoms with Gasteiger partial charge in [-0.2, -0.15) is 5.10 Å². The highest BCUT2D eigenvalue weighted by molar-refractivity contribution is 7.99. The van der Waals surface area contributed by atoms with Crippen molar-refractivity contribution in [3.63, 3.8) is 0 Å². The van der Waals surface area contributed by atoms with E-state index in [1.807, 2.05) is 38.1 Å². The number of para-hydroxylation sites is 2. The number of hydrogen-bond donors (Lipinski definition) is 2. The Hall–Kier alpha value is -3.34. The Morgan fingerprint density at radius 3 is 2.77 bits per heavy atom. The highest BCUT2D eigenvalue weighted by Gasteiger charge is 2.24. The lowest BCUT2D eigenvalue weighted by molar-refractivity contribution is -0.117. The van der Waals surface area contributed by atoms with Crippen LogP contribution in [0.3, 0.4) is 0 Å². The Morgan fingerprint density at radius 2 is 2.07 bits per heavy atom. The largest absolute Gasteiger partial charge is 0.334 e. The van der Waals surface area contributed by atoms with Crippen molar-refractivity contribution in [1.82, 2.24) is 24.7 Å². The van der Waals surface area contributed by atoms with E-state index in [1.165, 1.54) is 16.4 Å². The number of nitrogen functional groups attached to an aromatic ring is 1. The van der Waals surface area contributed by atoms with Crippen LogP contribution in [-0.2, 0) is 9.59 Å². The molecule has 11 heteroatoms. The summed E-state index contributed by atoms with van der Waals surface area (Å²) in [6.07, 6.45) is 1.35. The zero-order valence-electron chi connectivity index (χ0n) is 16.7. The van der Waals surface area contributed by atoms with E-state index in [2.05, 4.69) is 20.6 Å². The van der Waals surface area contributed by atoms with Gasteiger partial charge in [0.05, 0.1) is 22.8 Å². The molecule has 0 radical (unpaired) electrons. The van der Waals surface area contributed by atoms with Crippen LogP contribution in [-0.4, -0.2) is 48.8 Å². The second kappa shape index (κ2) is 8.19. The van der Waals surface area contributed by atoms with Gasteiger partial charge in [0, 0.05) is 18.7 Å². The van der Waals surface area contributed by atoms with Crippen molar-refractivity contribution in [3.8, 4) is 5.95 Å². The number of carbonyl (C=O) groups excluding carboxylic acids is 2. The molecule has 1 aromatic carbocycles. The molecule has 0 saturated carbocycles. The summed E-state index contributed by atoms with van der Waals surface area (Å²) < 4.78 is 2.92. The lowest BCUT2D eigenvalue weighted by Gasteiger charge is -2.19. The molecule has 3 N–H and O–H groups in total. The van der Waals surface area contributed by atoms with Gasteiger partial charge in [0.15, 0.2) is 0 Å². The number of hydrogen-bond acceptors (Lipinski definition) is 7. The summed E-state index contributed by atoms with van der Waals surface area (Å²) in [5, 5.41) is 15.8. The minimum Gasteiger partial charge on any atom is -0.334 e. The standard InChI is InChI=1S/C19H22N8O2S/c1-12-10-13(2)27(24-12)18-22-23-19(26(18)20)30-11-16(28)21-14-6-3-4-7-15(14)25-9-5-8-17(25)29/h3-4,6-7,10H,5,8-9,11,20H2,1-2H3,(H,21,28). The third kappa shape index (κ3) is 3.88. The number of anilines is 2. The Bertz CT molecular complexity index is 1110. The minimum atomic E-state index is -0.227. The summed E-state index contributed by atoms with van der Waals surface area (Å²) in [6, 6.07) is 9.21. The number of nitrogens with two attached hydrogens (primary N) is 1. The number of aryl methyl sites for hydroxylation is 2. The van der Waals surface area contributed by atoms with Gasteiger partial charge in [0.2, 0.25) is 17.0 Å². The molecule has 3 heterocycles. The van der Waals surface area contributed by atoms with E-state index in [-0.39, 0.29) is 17.6 Å². The molecule has 2 amide bonds. The maximum absolute atomic E-state index is 12.5. The third-order valence-corrected chi connectivity index (χ3v) is 5.66. The van der Waals surface area contributed by atoms with Crippen LogP contribution < -0.4 is 16.1 Å². The third-order valence-electron chi connectivity index (χ3n) is 4.72. The molecule has 1 aliphatic rings. The van der Waals surface area contributed by atoms with Crippen LogP contribution >= 0.6 is 11.8 Å². The first-order chi connectivity index (χ1) is 14.4. The molecule has 1 aliphatic heterocycles. The molecule has 0 aliphatic carbocycles. The highest BCUT2D eigenvalue weighted by Crippen LogP contribution is 2.29. The number of carbonyl (C=O) groups is 2. The predicted molar refractivity (Wildman–Crippen MR) is 114 cm³/mol. The maximum Gasteiger partial charge on any atom is 0.271 e. The van der Waals surface area contributed by atoms with Crippen LogP contribution in [0.5, 0.6) is 0 Å². The van der Waals surface area contributed by atoms with E-state index >= 15 is 0 Å². The molecule has 0 bridgehead atoms. The Kier molecular flexibility index (Phi) is 5.44. The number of benzene rings is 1. The molecule has 0 unspecified atom stereocenters. The zero-order chi connectivity index (χ0) is 21.3. The maximum atomic E-state index is 12.5. The second-order valence-electron chi connectivity index (χ2n) is 6.99. The minimum absolute atomic E-state index is 0.0685. The zero-order valence-corrected chi connectivity index (χ0v) is 17.5. The fourth-order valence-corrected chi connectivity index (χ4v) is 4.03. The molecule has 4 rings (SSSR count). The van der Waals surface area contributed by atoms with Gasteiger partial charge < -0.3 is 16.1 Å². The van der Waals surface area contributed by atoms with Crippen molar-refractivity contribution in [3.05, 3.63) is 41.7 Å². The van der Waals surface area contributed by atoms with Crippen molar-refractivity contribution >= 4 is 35.0 Å². The summed E-state index contributed by atoms with van der Waals surface area (Å²) in [5.41, 5.74) is 3.05. The fraction of sp³-hybridized carbons (Fsp3) is 0.316. The van der Waals surface area contributed by atoms with E-state index in [4.69, 9.17) is 5.84 Å². The Morgan fingerprint density at radius 1 is 1.27 bits per heavy atom. The summed E-state index contributed by atoms with van der Waals surface area (Å²) in [7, 11) is 0. The van der Waals surface area contributed by atoms with Crippen LogP contribution in [0.2, 0.25) is 0 Å². The summed E-state index contributed by atoms with van der Waals surface area (Å²) in [4.78, 5) is 26.3. The fourth-order valence-electron chi connectivity index (χ4n) is 3.38. The SMILES string of the molecule is Cc1cc(C)n(-c2nnc(SCC(=O)Nc3ccccc3N3CCCC3=O)n2N)n1. The van der Waals surface area contributed by atoms with Crippen molar-refractivity contribution in [1.29, 1.82) is 0 Å². The second-order valence-corrected chi connectivity index (χ2v) is 7.94. The van der Waals surface area contributed by atoms with Crippen molar-refractivity contribution in [2.24, 2.45) is 0 Å². The molecular formula is C19H22N8O2S. The number of thioether (sulfide) groups is 1. The van der Waals surface area contributed by atoms with Gasteiger partial charge in [-0.25, -0.2) is 9.36 Å². The quantitative estimate of drug-likeness (QED) is 0.454. The van der Waals surface area contributed by atoms with Crippen LogP contribution in [0, 0.1) is 13.8 Å². The predicted octanol–water partition coefficient (Wildman–Crippen LogP) is 1.65. The topological polar surface area (TPSA) is 124 Å². The lowest BCUT2D eigenvalue weighted by atomic mass is 10.2. The summed E-state index contributed by atoms with van der Waals surface area (Å²) in [5.74, 6) is 6.42. The van der Waals surface area contributed by atoms with E-state index in [0.29, 0.717) is 35.4 Å². The molecule has 0 spiro atoms. The first kappa shape index (κ1) is 20.0. The van der Waals surface area contributed by atoms with Gasteiger partial charge in [-0.1, -0.05) is 23.9 Å². The van der Waals surface area contributed by atoms with Gasteiger partial charge in [-0.3, -0.25) is 9.59 Å².